The van der Waals surface area contributed by atoms with E-state index in [1.165, 1.54) is 0 Å². The number of nitrogens with zero attached hydrogens (tertiary/aromatic N) is 1. The van der Waals surface area contributed by atoms with Gasteiger partial charge in [0.15, 0.2) is 0 Å². The van der Waals surface area contributed by atoms with E-state index >= 15 is 0 Å². The van der Waals surface area contributed by atoms with E-state index in [0.717, 1.165) is 5.56 Å². The Kier molecular flexibility index (Phi) is 5.54. The number of hydrogen-bond donors (Lipinski definition) is 2. The van der Waals surface area contributed by atoms with Crippen LogP contribution in [0.1, 0.15) is 39.1 Å². The Balaban J connectivity index is 1.66. The van der Waals surface area contributed by atoms with Gasteiger partial charge in [0.2, 0.25) is 5.91 Å². The molecule has 0 aromatic heterocycles. The van der Waals surface area contributed by atoms with E-state index in [4.69, 9.17) is 5.73 Å². The molecule has 0 bridgehead atoms. The number of anilines is 1. The zero-order valence-corrected chi connectivity index (χ0v) is 15.2. The van der Waals surface area contributed by atoms with Crippen LogP contribution in [0.2, 0.25) is 0 Å². The average molecular weight is 364 g/mol. The molecule has 27 heavy (non-hydrogen) atoms. The molecular formula is C21H22N3O3. The van der Waals surface area contributed by atoms with E-state index in [9.17, 15) is 14.4 Å². The molecule has 139 valence electrons. The van der Waals surface area contributed by atoms with Crippen LogP contribution in [0, 0.1) is 18.9 Å². The summed E-state index contributed by atoms with van der Waals surface area (Å²) in [6.07, 6.45) is 1.16. The van der Waals surface area contributed by atoms with Crippen molar-refractivity contribution in [3.05, 3.63) is 65.2 Å². The highest BCUT2D eigenvalue weighted by Gasteiger charge is 2.26. The lowest BCUT2D eigenvalue weighted by Gasteiger charge is -2.30. The number of aryl methyl sites for hydroxylation is 1. The predicted octanol–water partition coefficient (Wildman–Crippen LogP) is 2.39. The number of likely N-dealkylation sites (tertiary alicyclic amines) is 1. The normalized spacial score (nSPS) is 14.6. The van der Waals surface area contributed by atoms with Crippen molar-refractivity contribution in [1.29, 1.82) is 0 Å². The van der Waals surface area contributed by atoms with Crippen LogP contribution in [0.25, 0.3) is 0 Å². The number of rotatable bonds is 4. The smallest absolute Gasteiger partial charge is 0.255 e. The van der Waals surface area contributed by atoms with Crippen LogP contribution in [-0.4, -0.2) is 35.7 Å². The minimum atomic E-state index is -0.309. The lowest BCUT2D eigenvalue weighted by atomic mass is 9.96. The SMILES string of the molecule is Cc1ccc(C(=O)Nc2c[c]cc(C(=O)N3CCC(C(N)=O)CC3)c2)cc1. The fourth-order valence-electron chi connectivity index (χ4n) is 3.13. The van der Waals surface area contributed by atoms with Crippen LogP contribution in [0.5, 0.6) is 0 Å². The molecule has 3 rings (SSSR count). The van der Waals surface area contributed by atoms with Gasteiger partial charge >= 0.3 is 0 Å². The molecule has 2 aromatic rings. The third kappa shape index (κ3) is 4.53. The molecule has 1 radical (unpaired) electrons. The topological polar surface area (TPSA) is 92.5 Å². The zero-order valence-electron chi connectivity index (χ0n) is 15.2. The van der Waals surface area contributed by atoms with Gasteiger partial charge in [0.25, 0.3) is 11.8 Å². The van der Waals surface area contributed by atoms with Gasteiger partial charge < -0.3 is 16.0 Å². The van der Waals surface area contributed by atoms with E-state index in [2.05, 4.69) is 11.4 Å². The van der Waals surface area contributed by atoms with E-state index in [1.54, 1.807) is 35.2 Å². The molecule has 2 aromatic carbocycles. The van der Waals surface area contributed by atoms with Crippen LogP contribution in [0.15, 0.2) is 42.5 Å². The minimum Gasteiger partial charge on any atom is -0.369 e. The molecule has 0 unspecified atom stereocenters. The van der Waals surface area contributed by atoms with Crippen LogP contribution in [0.3, 0.4) is 0 Å². The molecule has 0 aliphatic carbocycles. The molecule has 6 heteroatoms. The van der Waals surface area contributed by atoms with Crippen molar-refractivity contribution in [2.75, 3.05) is 18.4 Å². The lowest BCUT2D eigenvalue weighted by molar-refractivity contribution is -0.123. The second-order valence-corrected chi connectivity index (χ2v) is 6.80. The number of carbonyl (C=O) groups excluding carboxylic acids is 3. The summed E-state index contributed by atoms with van der Waals surface area (Å²) in [6.45, 7) is 2.94. The number of carbonyl (C=O) groups is 3. The van der Waals surface area contributed by atoms with E-state index in [0.29, 0.717) is 42.7 Å². The minimum absolute atomic E-state index is 0.138. The third-order valence-corrected chi connectivity index (χ3v) is 4.79. The first-order chi connectivity index (χ1) is 12.9. The quantitative estimate of drug-likeness (QED) is 0.872. The zero-order chi connectivity index (χ0) is 19.4. The number of piperidine rings is 1. The molecule has 3 amide bonds. The van der Waals surface area contributed by atoms with Crippen molar-refractivity contribution in [3.63, 3.8) is 0 Å². The highest BCUT2D eigenvalue weighted by atomic mass is 16.2. The Morgan fingerprint density at radius 1 is 1.07 bits per heavy atom. The van der Waals surface area contributed by atoms with Gasteiger partial charge in [-0.25, -0.2) is 0 Å². The van der Waals surface area contributed by atoms with Crippen LogP contribution in [0.4, 0.5) is 5.69 Å². The van der Waals surface area contributed by atoms with Gasteiger partial charge in [-0.05, 0) is 56.2 Å². The summed E-state index contributed by atoms with van der Waals surface area (Å²) in [7, 11) is 0. The maximum absolute atomic E-state index is 12.7. The second-order valence-electron chi connectivity index (χ2n) is 6.80. The molecule has 1 heterocycles. The number of amides is 3. The molecule has 1 saturated heterocycles. The van der Waals surface area contributed by atoms with Gasteiger partial charge in [0, 0.05) is 35.8 Å². The van der Waals surface area contributed by atoms with Crippen LogP contribution < -0.4 is 11.1 Å². The van der Waals surface area contributed by atoms with E-state index in [-0.39, 0.29) is 23.6 Å². The number of primary amides is 1. The van der Waals surface area contributed by atoms with E-state index in [1.807, 2.05) is 19.1 Å². The summed E-state index contributed by atoms with van der Waals surface area (Å²) in [5, 5.41) is 2.80. The number of benzene rings is 2. The van der Waals surface area contributed by atoms with Gasteiger partial charge in [0.05, 0.1) is 0 Å². The molecule has 1 fully saturated rings. The molecule has 1 aliphatic rings. The Hall–Kier alpha value is -3.15. The van der Waals surface area contributed by atoms with Gasteiger partial charge in [-0.3, -0.25) is 14.4 Å². The molecule has 6 nitrogen and oxygen atoms in total. The van der Waals surface area contributed by atoms with E-state index < -0.39 is 0 Å². The number of nitrogens with two attached hydrogens (primary N) is 1. The molecule has 1 aliphatic heterocycles. The summed E-state index contributed by atoms with van der Waals surface area (Å²) in [5.41, 5.74) is 7.92. The van der Waals surface area contributed by atoms with Crippen molar-refractivity contribution in [2.24, 2.45) is 11.7 Å². The van der Waals surface area contributed by atoms with Gasteiger partial charge in [-0.2, -0.15) is 0 Å². The maximum Gasteiger partial charge on any atom is 0.255 e. The second kappa shape index (κ2) is 8.03. The van der Waals surface area contributed by atoms with Crippen molar-refractivity contribution < 1.29 is 14.4 Å². The first-order valence-electron chi connectivity index (χ1n) is 8.92. The molecule has 0 saturated carbocycles. The summed E-state index contributed by atoms with van der Waals surface area (Å²) in [5.74, 6) is -0.854. The third-order valence-electron chi connectivity index (χ3n) is 4.79. The van der Waals surface area contributed by atoms with Gasteiger partial charge in [0.1, 0.15) is 0 Å². The van der Waals surface area contributed by atoms with Gasteiger partial charge in [-0.1, -0.05) is 17.7 Å². The largest absolute Gasteiger partial charge is 0.369 e. The summed E-state index contributed by atoms with van der Waals surface area (Å²) in [6, 6.07) is 15.0. The van der Waals surface area contributed by atoms with Crippen LogP contribution >= 0.6 is 0 Å². The van der Waals surface area contributed by atoms with Crippen molar-refractivity contribution in [1.82, 2.24) is 4.90 Å². The summed E-state index contributed by atoms with van der Waals surface area (Å²) in [4.78, 5) is 38.0. The highest BCUT2D eigenvalue weighted by Crippen LogP contribution is 2.20. The first-order valence-corrected chi connectivity index (χ1v) is 8.92. The summed E-state index contributed by atoms with van der Waals surface area (Å²) >= 11 is 0. The lowest BCUT2D eigenvalue weighted by Crippen LogP contribution is -2.41. The fraction of sp³-hybridized carbons (Fsp3) is 0.286. The molecule has 3 N–H and O–H groups in total. The molecule has 0 spiro atoms. The number of nitrogens with one attached hydrogen (secondary N) is 1. The van der Waals surface area contributed by atoms with Crippen molar-refractivity contribution in [2.45, 2.75) is 19.8 Å². The Labute approximate surface area is 158 Å². The Morgan fingerprint density at radius 2 is 1.74 bits per heavy atom. The Bertz CT molecular complexity index is 853. The summed E-state index contributed by atoms with van der Waals surface area (Å²) < 4.78 is 0. The monoisotopic (exact) mass is 364 g/mol. The van der Waals surface area contributed by atoms with Crippen molar-refractivity contribution >= 4 is 23.4 Å². The maximum atomic E-state index is 12.7. The van der Waals surface area contributed by atoms with Crippen LogP contribution in [-0.2, 0) is 4.79 Å². The predicted molar refractivity (Wildman–Crippen MR) is 102 cm³/mol. The molecular weight excluding hydrogens is 342 g/mol. The Morgan fingerprint density at radius 3 is 2.37 bits per heavy atom. The van der Waals surface area contributed by atoms with Crippen molar-refractivity contribution in [3.8, 4) is 0 Å². The first kappa shape index (κ1) is 18.6. The van der Waals surface area contributed by atoms with Gasteiger partial charge in [-0.15, -0.1) is 0 Å². The average Bonchev–Trinajstić information content (AvgIpc) is 2.68. The standard InChI is InChI=1S/C21H22N3O3/c1-14-5-7-16(8-6-14)20(26)23-18-4-2-3-17(13-18)21(27)24-11-9-15(10-12-24)19(22)25/h3-8,13,15H,9-12H2,1H3,(H2,22,25)(H,23,26). The fourth-order valence-corrected chi connectivity index (χ4v) is 3.13. The highest BCUT2D eigenvalue weighted by molar-refractivity contribution is 6.05. The number of hydrogen-bond acceptors (Lipinski definition) is 3. The molecule has 0 atom stereocenters.